The van der Waals surface area contributed by atoms with E-state index in [9.17, 15) is 0 Å². The summed E-state index contributed by atoms with van der Waals surface area (Å²) in [6.07, 6.45) is 1.69. The molecule has 0 saturated heterocycles. The van der Waals surface area contributed by atoms with Gasteiger partial charge in [-0.2, -0.15) is 0 Å². The first-order valence-corrected chi connectivity index (χ1v) is 6.55. The van der Waals surface area contributed by atoms with Crippen molar-refractivity contribution in [3.63, 3.8) is 0 Å². The molecule has 0 amide bonds. The molecule has 1 aromatic heterocycles. The summed E-state index contributed by atoms with van der Waals surface area (Å²) in [5.41, 5.74) is 7.44. The van der Waals surface area contributed by atoms with Crippen molar-refractivity contribution in [3.05, 3.63) is 51.1 Å². The van der Waals surface area contributed by atoms with Gasteiger partial charge < -0.3 is 10.5 Å². The zero-order chi connectivity index (χ0) is 13.1. The summed E-state index contributed by atoms with van der Waals surface area (Å²) < 4.78 is 6.60. The Labute approximate surface area is 119 Å². The molecule has 1 aromatic carbocycles. The van der Waals surface area contributed by atoms with Crippen LogP contribution < -0.4 is 10.5 Å². The van der Waals surface area contributed by atoms with Gasteiger partial charge in [-0.15, -0.1) is 0 Å². The van der Waals surface area contributed by atoms with Crippen molar-refractivity contribution in [1.82, 2.24) is 4.98 Å². The minimum atomic E-state index is 0.454. The third-order valence-corrected chi connectivity index (χ3v) is 3.16. The van der Waals surface area contributed by atoms with E-state index in [1.165, 1.54) is 0 Å². The smallest absolute Gasteiger partial charge is 0.222 e. The highest BCUT2D eigenvalue weighted by molar-refractivity contribution is 9.10. The summed E-state index contributed by atoms with van der Waals surface area (Å²) in [5, 5.41) is 0.530. The van der Waals surface area contributed by atoms with E-state index < -0.39 is 0 Å². The van der Waals surface area contributed by atoms with E-state index in [0.29, 0.717) is 23.2 Å². The number of benzene rings is 1. The van der Waals surface area contributed by atoms with Crippen molar-refractivity contribution < 1.29 is 4.74 Å². The third kappa shape index (κ3) is 3.02. The second kappa shape index (κ2) is 5.69. The maximum atomic E-state index is 6.12. The van der Waals surface area contributed by atoms with Gasteiger partial charge in [0.25, 0.3) is 0 Å². The molecule has 0 radical (unpaired) electrons. The highest BCUT2D eigenvalue weighted by Gasteiger charge is 2.07. The zero-order valence-electron chi connectivity index (χ0n) is 9.78. The molecule has 0 unspecified atom stereocenters. The van der Waals surface area contributed by atoms with Crippen molar-refractivity contribution in [2.24, 2.45) is 5.73 Å². The Balaban J connectivity index is 2.28. The molecule has 1 heterocycles. The lowest BCUT2D eigenvalue weighted by atomic mass is 10.2. The Morgan fingerprint density at radius 2 is 2.17 bits per heavy atom. The quantitative estimate of drug-likeness (QED) is 0.925. The molecule has 0 aliphatic heterocycles. The molecule has 5 heteroatoms. The second-order valence-electron chi connectivity index (χ2n) is 3.85. The molecule has 2 rings (SSSR count). The molecule has 2 N–H and O–H groups in total. The van der Waals surface area contributed by atoms with E-state index in [0.717, 1.165) is 15.6 Å². The largest absolute Gasteiger partial charge is 0.437 e. The summed E-state index contributed by atoms with van der Waals surface area (Å²) in [4.78, 5) is 4.20. The molecule has 3 nitrogen and oxygen atoms in total. The first-order chi connectivity index (χ1) is 8.60. The number of aryl methyl sites for hydroxylation is 1. The number of aromatic nitrogens is 1. The maximum absolute atomic E-state index is 6.12. The van der Waals surface area contributed by atoms with Crippen molar-refractivity contribution in [1.29, 1.82) is 0 Å². The van der Waals surface area contributed by atoms with Crippen LogP contribution in [0.5, 0.6) is 11.6 Å². The van der Waals surface area contributed by atoms with Crippen LogP contribution in [0.15, 0.2) is 34.9 Å². The van der Waals surface area contributed by atoms with Gasteiger partial charge in [-0.05, 0) is 46.6 Å². The van der Waals surface area contributed by atoms with E-state index in [2.05, 4.69) is 20.9 Å². The van der Waals surface area contributed by atoms with Gasteiger partial charge in [-0.1, -0.05) is 17.7 Å². The Kier molecular flexibility index (Phi) is 4.22. The predicted molar refractivity (Wildman–Crippen MR) is 76.1 cm³/mol. The first-order valence-electron chi connectivity index (χ1n) is 5.38. The van der Waals surface area contributed by atoms with Gasteiger partial charge in [0.05, 0.1) is 5.02 Å². The number of pyridine rings is 1. The van der Waals surface area contributed by atoms with Crippen LogP contribution in [0.3, 0.4) is 0 Å². The molecule has 0 fully saturated rings. The van der Waals surface area contributed by atoms with E-state index in [1.54, 1.807) is 18.3 Å². The summed E-state index contributed by atoms with van der Waals surface area (Å²) in [7, 11) is 0. The predicted octanol–water partition coefficient (Wildman–Crippen LogP) is 4.06. The zero-order valence-corrected chi connectivity index (χ0v) is 12.1. The van der Waals surface area contributed by atoms with Gasteiger partial charge in [0.15, 0.2) is 0 Å². The van der Waals surface area contributed by atoms with Gasteiger partial charge in [0, 0.05) is 22.8 Å². The average molecular weight is 328 g/mol. The van der Waals surface area contributed by atoms with Crippen molar-refractivity contribution in [2.75, 3.05) is 0 Å². The van der Waals surface area contributed by atoms with Crippen LogP contribution in [-0.4, -0.2) is 4.98 Å². The summed E-state index contributed by atoms with van der Waals surface area (Å²) in [5.74, 6) is 1.12. The molecule has 0 atom stereocenters. The van der Waals surface area contributed by atoms with E-state index in [1.807, 2.05) is 19.1 Å². The third-order valence-electron chi connectivity index (χ3n) is 2.44. The fraction of sp³-hybridized carbons (Fsp3) is 0.154. The molecule has 0 spiro atoms. The van der Waals surface area contributed by atoms with Crippen LogP contribution in [0.4, 0.5) is 0 Å². The lowest BCUT2D eigenvalue weighted by Gasteiger charge is -2.10. The van der Waals surface area contributed by atoms with Gasteiger partial charge >= 0.3 is 0 Å². The molecular weight excluding hydrogens is 316 g/mol. The average Bonchev–Trinajstić information content (AvgIpc) is 2.34. The summed E-state index contributed by atoms with van der Waals surface area (Å²) >= 11 is 9.48. The van der Waals surface area contributed by atoms with Crippen LogP contribution in [-0.2, 0) is 6.54 Å². The summed E-state index contributed by atoms with van der Waals surface area (Å²) in [6.45, 7) is 2.38. The Morgan fingerprint density at radius 1 is 1.39 bits per heavy atom. The monoisotopic (exact) mass is 326 g/mol. The van der Waals surface area contributed by atoms with Crippen molar-refractivity contribution in [2.45, 2.75) is 13.5 Å². The van der Waals surface area contributed by atoms with Gasteiger partial charge in [0.1, 0.15) is 5.75 Å². The number of halogens is 2. The fourth-order valence-electron chi connectivity index (χ4n) is 1.49. The van der Waals surface area contributed by atoms with Crippen LogP contribution in [0.1, 0.15) is 11.1 Å². The van der Waals surface area contributed by atoms with Crippen LogP contribution in [0.25, 0.3) is 0 Å². The van der Waals surface area contributed by atoms with E-state index in [-0.39, 0.29) is 0 Å². The Morgan fingerprint density at radius 3 is 2.78 bits per heavy atom. The maximum Gasteiger partial charge on any atom is 0.222 e. The van der Waals surface area contributed by atoms with E-state index in [4.69, 9.17) is 22.1 Å². The number of ether oxygens (including phenoxy) is 1. The van der Waals surface area contributed by atoms with Crippen LogP contribution in [0.2, 0.25) is 5.02 Å². The molecular formula is C13H12BrClN2O. The van der Waals surface area contributed by atoms with Gasteiger partial charge in [-0.3, -0.25) is 0 Å². The van der Waals surface area contributed by atoms with Crippen molar-refractivity contribution in [3.8, 4) is 11.6 Å². The highest BCUT2D eigenvalue weighted by Crippen LogP contribution is 2.31. The van der Waals surface area contributed by atoms with Gasteiger partial charge in [-0.25, -0.2) is 4.98 Å². The summed E-state index contributed by atoms with van der Waals surface area (Å²) in [6, 6.07) is 7.42. The number of nitrogens with zero attached hydrogens (tertiary/aromatic N) is 1. The van der Waals surface area contributed by atoms with E-state index >= 15 is 0 Å². The second-order valence-corrected chi connectivity index (χ2v) is 5.17. The molecule has 0 saturated carbocycles. The van der Waals surface area contributed by atoms with Crippen LogP contribution in [0, 0.1) is 6.92 Å². The first kappa shape index (κ1) is 13.3. The molecule has 0 bridgehead atoms. The number of rotatable bonds is 3. The standard InChI is InChI=1S/C13H12BrClN2O/c1-8-4-10(14)7-17-13(8)18-12-3-2-9(6-16)5-11(12)15/h2-5,7H,6,16H2,1H3. The lowest BCUT2D eigenvalue weighted by Crippen LogP contribution is -1.97. The highest BCUT2D eigenvalue weighted by atomic mass is 79.9. The number of nitrogens with two attached hydrogens (primary N) is 1. The lowest BCUT2D eigenvalue weighted by molar-refractivity contribution is 0.459. The molecule has 18 heavy (non-hydrogen) atoms. The molecule has 94 valence electrons. The van der Waals surface area contributed by atoms with Crippen molar-refractivity contribution >= 4 is 27.5 Å². The molecule has 0 aliphatic rings. The Bertz CT molecular complexity index is 575. The molecule has 2 aromatic rings. The normalized spacial score (nSPS) is 10.4. The fourth-order valence-corrected chi connectivity index (χ4v) is 2.18. The SMILES string of the molecule is Cc1cc(Br)cnc1Oc1ccc(CN)cc1Cl. The number of hydrogen-bond donors (Lipinski definition) is 1. The van der Waals surface area contributed by atoms with Crippen LogP contribution >= 0.6 is 27.5 Å². The minimum Gasteiger partial charge on any atom is -0.437 e. The molecule has 0 aliphatic carbocycles. The number of hydrogen-bond acceptors (Lipinski definition) is 3. The van der Waals surface area contributed by atoms with Gasteiger partial charge in [0.2, 0.25) is 5.88 Å². The Hall–Kier alpha value is -1.10. The minimum absolute atomic E-state index is 0.454. The topological polar surface area (TPSA) is 48.1 Å².